The van der Waals surface area contributed by atoms with Crippen molar-refractivity contribution >= 4 is 23.0 Å². The standard InChI is InChI=1S/C14H21N3S/c1-9(2)6-7-16-14-11(13(15)18)8-10-4-3-5-12(10)17-14/h8-9H,3-7H2,1-2H3,(H2,15,18)(H,16,17). The highest BCUT2D eigenvalue weighted by molar-refractivity contribution is 7.80. The predicted octanol–water partition coefficient (Wildman–Crippen LogP) is 2.66. The van der Waals surface area contributed by atoms with Gasteiger partial charge in [-0.1, -0.05) is 26.1 Å². The number of fused-ring (bicyclic) bond motifs is 1. The average molecular weight is 263 g/mol. The van der Waals surface area contributed by atoms with E-state index in [-0.39, 0.29) is 0 Å². The van der Waals surface area contributed by atoms with Crippen molar-refractivity contribution in [1.29, 1.82) is 0 Å². The maximum absolute atomic E-state index is 5.79. The quantitative estimate of drug-likeness (QED) is 0.802. The maximum Gasteiger partial charge on any atom is 0.136 e. The summed E-state index contributed by atoms with van der Waals surface area (Å²) in [7, 11) is 0. The number of anilines is 1. The number of nitrogens with zero attached hydrogens (tertiary/aromatic N) is 1. The summed E-state index contributed by atoms with van der Waals surface area (Å²) in [6, 6.07) is 2.12. The molecule has 18 heavy (non-hydrogen) atoms. The van der Waals surface area contributed by atoms with Crippen molar-refractivity contribution in [2.24, 2.45) is 11.7 Å². The third-order valence-corrected chi connectivity index (χ3v) is 3.55. The number of rotatable bonds is 5. The van der Waals surface area contributed by atoms with Gasteiger partial charge in [-0.05, 0) is 43.2 Å². The molecule has 0 saturated carbocycles. The molecule has 0 unspecified atom stereocenters. The van der Waals surface area contributed by atoms with Gasteiger partial charge in [0, 0.05) is 12.2 Å². The van der Waals surface area contributed by atoms with E-state index in [2.05, 4.69) is 25.2 Å². The molecule has 4 heteroatoms. The van der Waals surface area contributed by atoms with Crippen molar-refractivity contribution in [3.05, 3.63) is 22.9 Å². The summed E-state index contributed by atoms with van der Waals surface area (Å²) in [5, 5.41) is 3.38. The fraction of sp³-hybridized carbons (Fsp3) is 0.571. The molecule has 1 aliphatic rings. The van der Waals surface area contributed by atoms with E-state index in [4.69, 9.17) is 22.9 Å². The largest absolute Gasteiger partial charge is 0.389 e. The van der Waals surface area contributed by atoms with Crippen LogP contribution in [0.25, 0.3) is 0 Å². The molecule has 3 nitrogen and oxygen atoms in total. The second kappa shape index (κ2) is 5.65. The highest BCUT2D eigenvalue weighted by Crippen LogP contribution is 2.25. The van der Waals surface area contributed by atoms with Gasteiger partial charge in [0.2, 0.25) is 0 Å². The minimum absolute atomic E-state index is 0.434. The molecular formula is C14H21N3S. The van der Waals surface area contributed by atoms with Crippen LogP contribution in [0, 0.1) is 5.92 Å². The molecule has 2 rings (SSSR count). The van der Waals surface area contributed by atoms with Crippen molar-refractivity contribution in [2.75, 3.05) is 11.9 Å². The number of thiocarbonyl (C=S) groups is 1. The second-order valence-corrected chi connectivity index (χ2v) is 5.76. The Morgan fingerprint density at radius 2 is 2.28 bits per heavy atom. The smallest absolute Gasteiger partial charge is 0.136 e. The Kier molecular flexibility index (Phi) is 4.17. The van der Waals surface area contributed by atoms with E-state index in [1.165, 1.54) is 17.7 Å². The number of hydrogen-bond donors (Lipinski definition) is 2. The molecule has 1 heterocycles. The molecule has 0 bridgehead atoms. The van der Waals surface area contributed by atoms with Crippen molar-refractivity contribution < 1.29 is 0 Å². The minimum atomic E-state index is 0.434. The first-order chi connectivity index (χ1) is 8.58. The predicted molar refractivity (Wildman–Crippen MR) is 80.1 cm³/mol. The Bertz CT molecular complexity index is 455. The van der Waals surface area contributed by atoms with Gasteiger partial charge in [-0.2, -0.15) is 0 Å². The van der Waals surface area contributed by atoms with Crippen molar-refractivity contribution in [3.63, 3.8) is 0 Å². The molecule has 1 aromatic heterocycles. The minimum Gasteiger partial charge on any atom is -0.389 e. The third kappa shape index (κ3) is 2.99. The highest BCUT2D eigenvalue weighted by Gasteiger charge is 2.17. The second-order valence-electron chi connectivity index (χ2n) is 5.32. The molecule has 0 aromatic carbocycles. The average Bonchev–Trinajstić information content (AvgIpc) is 2.74. The van der Waals surface area contributed by atoms with E-state index >= 15 is 0 Å². The maximum atomic E-state index is 5.79. The first-order valence-corrected chi connectivity index (χ1v) is 7.05. The summed E-state index contributed by atoms with van der Waals surface area (Å²) in [5.41, 5.74) is 9.21. The third-order valence-electron chi connectivity index (χ3n) is 3.33. The lowest BCUT2D eigenvalue weighted by atomic mass is 10.1. The van der Waals surface area contributed by atoms with Crippen LogP contribution in [-0.2, 0) is 12.8 Å². The molecule has 1 aromatic rings. The van der Waals surface area contributed by atoms with Crippen LogP contribution in [0.3, 0.4) is 0 Å². The molecule has 0 saturated heterocycles. The summed E-state index contributed by atoms with van der Waals surface area (Å²) in [6.45, 7) is 5.34. The monoisotopic (exact) mass is 263 g/mol. The van der Waals surface area contributed by atoms with Crippen molar-refractivity contribution in [2.45, 2.75) is 39.5 Å². The SMILES string of the molecule is CC(C)CCNc1nc2c(cc1C(N)=S)CCC2. The zero-order valence-electron chi connectivity index (χ0n) is 11.1. The molecular weight excluding hydrogens is 242 g/mol. The van der Waals surface area contributed by atoms with Gasteiger partial charge < -0.3 is 11.1 Å². The van der Waals surface area contributed by atoms with Crippen LogP contribution < -0.4 is 11.1 Å². The summed E-state index contributed by atoms with van der Waals surface area (Å²) in [6.07, 6.45) is 4.49. The molecule has 0 radical (unpaired) electrons. The Hall–Kier alpha value is -1.16. The van der Waals surface area contributed by atoms with Crippen LogP contribution in [-0.4, -0.2) is 16.5 Å². The van der Waals surface area contributed by atoms with Crippen molar-refractivity contribution in [1.82, 2.24) is 4.98 Å². The van der Waals surface area contributed by atoms with Gasteiger partial charge in [-0.3, -0.25) is 0 Å². The van der Waals surface area contributed by atoms with Gasteiger partial charge in [0.15, 0.2) is 0 Å². The lowest BCUT2D eigenvalue weighted by Crippen LogP contribution is -2.17. The first kappa shape index (κ1) is 13.3. The first-order valence-electron chi connectivity index (χ1n) is 6.64. The van der Waals surface area contributed by atoms with E-state index < -0.39 is 0 Å². The molecule has 0 spiro atoms. The Morgan fingerprint density at radius 3 is 2.94 bits per heavy atom. The van der Waals surface area contributed by atoms with E-state index in [1.807, 2.05) is 0 Å². The fourth-order valence-electron chi connectivity index (χ4n) is 2.27. The van der Waals surface area contributed by atoms with E-state index in [1.54, 1.807) is 0 Å². The van der Waals surface area contributed by atoms with E-state index in [0.29, 0.717) is 10.9 Å². The summed E-state index contributed by atoms with van der Waals surface area (Å²) in [5.74, 6) is 1.55. The summed E-state index contributed by atoms with van der Waals surface area (Å²) >= 11 is 5.12. The van der Waals surface area contributed by atoms with E-state index in [9.17, 15) is 0 Å². The molecule has 0 amide bonds. The lowest BCUT2D eigenvalue weighted by molar-refractivity contribution is 0.606. The Morgan fingerprint density at radius 1 is 1.50 bits per heavy atom. The van der Waals surface area contributed by atoms with Crippen LogP contribution in [0.2, 0.25) is 0 Å². The molecule has 98 valence electrons. The summed E-state index contributed by atoms with van der Waals surface area (Å²) < 4.78 is 0. The van der Waals surface area contributed by atoms with Gasteiger partial charge >= 0.3 is 0 Å². The van der Waals surface area contributed by atoms with E-state index in [0.717, 1.165) is 37.2 Å². The normalized spacial score (nSPS) is 13.7. The zero-order valence-corrected chi connectivity index (χ0v) is 11.9. The van der Waals surface area contributed by atoms with Crippen LogP contribution in [0.5, 0.6) is 0 Å². The molecule has 0 fully saturated rings. The summed E-state index contributed by atoms with van der Waals surface area (Å²) in [4.78, 5) is 5.13. The Balaban J connectivity index is 2.19. The van der Waals surface area contributed by atoms with Crippen molar-refractivity contribution in [3.8, 4) is 0 Å². The number of nitrogens with one attached hydrogen (secondary N) is 1. The fourth-order valence-corrected chi connectivity index (χ4v) is 2.43. The van der Waals surface area contributed by atoms with Crippen LogP contribution in [0.1, 0.15) is 43.5 Å². The number of aryl methyl sites for hydroxylation is 2. The number of nitrogens with two attached hydrogens (primary N) is 1. The number of pyridine rings is 1. The van der Waals surface area contributed by atoms with Gasteiger partial charge in [0.05, 0.1) is 5.56 Å². The molecule has 0 atom stereocenters. The van der Waals surface area contributed by atoms with Gasteiger partial charge in [0.1, 0.15) is 10.8 Å². The number of aromatic nitrogens is 1. The molecule has 1 aliphatic carbocycles. The van der Waals surface area contributed by atoms with Crippen LogP contribution in [0.15, 0.2) is 6.07 Å². The van der Waals surface area contributed by atoms with Gasteiger partial charge in [-0.25, -0.2) is 4.98 Å². The number of hydrogen-bond acceptors (Lipinski definition) is 3. The Labute approximate surface area is 114 Å². The van der Waals surface area contributed by atoms with Crippen LogP contribution in [0.4, 0.5) is 5.82 Å². The van der Waals surface area contributed by atoms with Crippen LogP contribution >= 0.6 is 12.2 Å². The van der Waals surface area contributed by atoms with Gasteiger partial charge in [-0.15, -0.1) is 0 Å². The van der Waals surface area contributed by atoms with Gasteiger partial charge in [0.25, 0.3) is 0 Å². The zero-order chi connectivity index (χ0) is 13.1. The lowest BCUT2D eigenvalue weighted by Gasteiger charge is -2.13. The topological polar surface area (TPSA) is 50.9 Å². The molecule has 0 aliphatic heterocycles. The highest BCUT2D eigenvalue weighted by atomic mass is 32.1. The molecule has 3 N–H and O–H groups in total.